The predicted octanol–water partition coefficient (Wildman–Crippen LogP) is 2.61. The molecule has 20 heavy (non-hydrogen) atoms. The van der Waals surface area contributed by atoms with E-state index in [1.54, 1.807) is 19.1 Å². The van der Waals surface area contributed by atoms with E-state index in [2.05, 4.69) is 5.32 Å². The lowest BCUT2D eigenvalue weighted by molar-refractivity contribution is -0.146. The van der Waals surface area contributed by atoms with Crippen LogP contribution in [0.25, 0.3) is 0 Å². The maximum absolute atomic E-state index is 11.8. The standard InChI is InChI=1S/C15H15NO3S/c1-11(16-14(17)13-8-5-9-20-13)15(18)19-10-12-6-3-2-4-7-12/h2-9,11H,10H2,1H3,(H,16,17)/t11-/m0/s1. The maximum Gasteiger partial charge on any atom is 0.328 e. The molecule has 4 nitrogen and oxygen atoms in total. The number of hydrogen-bond donors (Lipinski definition) is 1. The van der Waals surface area contributed by atoms with Gasteiger partial charge in [0.05, 0.1) is 4.88 Å². The number of thiophene rings is 1. The molecule has 1 aromatic carbocycles. The average molecular weight is 289 g/mol. The van der Waals surface area contributed by atoms with Gasteiger partial charge in [0.1, 0.15) is 12.6 Å². The molecule has 0 spiro atoms. The Morgan fingerprint density at radius 3 is 2.60 bits per heavy atom. The van der Waals surface area contributed by atoms with Crippen molar-refractivity contribution in [2.24, 2.45) is 0 Å². The first-order valence-corrected chi connectivity index (χ1v) is 7.09. The lowest BCUT2D eigenvalue weighted by atomic mass is 10.2. The summed E-state index contributed by atoms with van der Waals surface area (Å²) in [5, 5.41) is 4.43. The molecule has 0 bridgehead atoms. The Labute approximate surface area is 121 Å². The van der Waals surface area contributed by atoms with Gasteiger partial charge in [0.25, 0.3) is 5.91 Å². The normalized spacial score (nSPS) is 11.7. The maximum atomic E-state index is 11.8. The van der Waals surface area contributed by atoms with Crippen LogP contribution in [0.15, 0.2) is 47.8 Å². The summed E-state index contributed by atoms with van der Waals surface area (Å²) in [5.74, 6) is -0.706. The third-order valence-electron chi connectivity index (χ3n) is 2.67. The molecule has 0 radical (unpaired) electrons. The minimum Gasteiger partial charge on any atom is -0.459 e. The smallest absolute Gasteiger partial charge is 0.328 e. The third kappa shape index (κ3) is 3.93. The van der Waals surface area contributed by atoms with E-state index in [-0.39, 0.29) is 12.5 Å². The summed E-state index contributed by atoms with van der Waals surface area (Å²) in [4.78, 5) is 24.2. The Kier molecular flexibility index (Phi) is 4.90. The SMILES string of the molecule is C[C@H](NC(=O)c1cccs1)C(=O)OCc1ccccc1. The third-order valence-corrected chi connectivity index (χ3v) is 3.54. The molecular formula is C15H15NO3S. The van der Waals surface area contributed by atoms with E-state index in [4.69, 9.17) is 4.74 Å². The Balaban J connectivity index is 1.82. The first kappa shape index (κ1) is 14.3. The minimum atomic E-state index is -0.673. The lowest BCUT2D eigenvalue weighted by Gasteiger charge is -2.12. The summed E-state index contributed by atoms with van der Waals surface area (Å²) in [7, 11) is 0. The second kappa shape index (κ2) is 6.86. The highest BCUT2D eigenvalue weighted by Crippen LogP contribution is 2.08. The number of carbonyl (C=O) groups excluding carboxylic acids is 2. The number of benzene rings is 1. The van der Waals surface area contributed by atoms with Crippen molar-refractivity contribution in [1.29, 1.82) is 0 Å². The minimum absolute atomic E-state index is 0.207. The van der Waals surface area contributed by atoms with Gasteiger partial charge in [0.15, 0.2) is 0 Å². The molecule has 0 aliphatic heterocycles. The highest BCUT2D eigenvalue weighted by Gasteiger charge is 2.18. The zero-order chi connectivity index (χ0) is 14.4. The molecule has 0 saturated carbocycles. The summed E-state index contributed by atoms with van der Waals surface area (Å²) < 4.78 is 5.16. The molecule has 1 N–H and O–H groups in total. The fourth-order valence-electron chi connectivity index (χ4n) is 1.59. The molecule has 104 valence electrons. The molecule has 1 atom stereocenters. The highest BCUT2D eigenvalue weighted by molar-refractivity contribution is 7.12. The fourth-order valence-corrected chi connectivity index (χ4v) is 2.21. The van der Waals surface area contributed by atoms with Crippen LogP contribution in [0.2, 0.25) is 0 Å². The van der Waals surface area contributed by atoms with E-state index >= 15 is 0 Å². The van der Waals surface area contributed by atoms with E-state index < -0.39 is 12.0 Å². The largest absolute Gasteiger partial charge is 0.459 e. The Hall–Kier alpha value is -2.14. The van der Waals surface area contributed by atoms with Gasteiger partial charge in [-0.2, -0.15) is 0 Å². The van der Waals surface area contributed by atoms with E-state index in [9.17, 15) is 9.59 Å². The van der Waals surface area contributed by atoms with Crippen molar-refractivity contribution >= 4 is 23.2 Å². The van der Waals surface area contributed by atoms with Crippen molar-refractivity contribution in [1.82, 2.24) is 5.32 Å². The van der Waals surface area contributed by atoms with Gasteiger partial charge in [-0.25, -0.2) is 4.79 Å². The summed E-state index contributed by atoms with van der Waals surface area (Å²) in [5.41, 5.74) is 0.914. The summed E-state index contributed by atoms with van der Waals surface area (Å²) in [6, 6.07) is 12.2. The van der Waals surface area contributed by atoms with E-state index in [0.717, 1.165) is 5.56 Å². The number of rotatable bonds is 5. The van der Waals surface area contributed by atoms with Crippen LogP contribution in [0.4, 0.5) is 0 Å². The van der Waals surface area contributed by atoms with Crippen LogP contribution in [-0.4, -0.2) is 17.9 Å². The molecule has 0 unspecified atom stereocenters. The Bertz CT molecular complexity index is 566. The van der Waals surface area contributed by atoms with Crippen LogP contribution in [-0.2, 0) is 16.1 Å². The molecule has 0 aliphatic carbocycles. The summed E-state index contributed by atoms with van der Waals surface area (Å²) >= 11 is 1.33. The Morgan fingerprint density at radius 2 is 1.95 bits per heavy atom. The van der Waals surface area contributed by atoms with Gasteiger partial charge in [-0.3, -0.25) is 4.79 Å². The van der Waals surface area contributed by atoms with Crippen molar-refractivity contribution < 1.29 is 14.3 Å². The molecule has 1 heterocycles. The highest BCUT2D eigenvalue weighted by atomic mass is 32.1. The van der Waals surface area contributed by atoms with Crippen molar-refractivity contribution in [2.75, 3.05) is 0 Å². The quantitative estimate of drug-likeness (QED) is 0.861. The van der Waals surface area contributed by atoms with E-state index in [1.807, 2.05) is 35.7 Å². The number of carbonyl (C=O) groups is 2. The first-order valence-electron chi connectivity index (χ1n) is 6.22. The molecule has 0 aliphatic rings. The molecule has 5 heteroatoms. The Morgan fingerprint density at radius 1 is 1.20 bits per heavy atom. The molecule has 0 fully saturated rings. The molecule has 1 amide bonds. The van der Waals surface area contributed by atoms with Gasteiger partial charge < -0.3 is 10.1 Å². The van der Waals surface area contributed by atoms with Crippen LogP contribution in [0.5, 0.6) is 0 Å². The van der Waals surface area contributed by atoms with Gasteiger partial charge >= 0.3 is 5.97 Å². The first-order chi connectivity index (χ1) is 9.66. The number of amides is 1. The second-order valence-electron chi connectivity index (χ2n) is 4.27. The van der Waals surface area contributed by atoms with Crippen LogP contribution >= 0.6 is 11.3 Å². The molecule has 0 saturated heterocycles. The average Bonchev–Trinajstić information content (AvgIpc) is 3.00. The monoisotopic (exact) mass is 289 g/mol. The molecular weight excluding hydrogens is 274 g/mol. The summed E-state index contributed by atoms with van der Waals surface area (Å²) in [6.07, 6.45) is 0. The zero-order valence-corrected chi connectivity index (χ0v) is 11.9. The number of hydrogen-bond acceptors (Lipinski definition) is 4. The van der Waals surface area contributed by atoms with Crippen LogP contribution in [0.3, 0.4) is 0 Å². The van der Waals surface area contributed by atoms with Crippen LogP contribution < -0.4 is 5.32 Å². The van der Waals surface area contributed by atoms with Gasteiger partial charge in [-0.15, -0.1) is 11.3 Å². The predicted molar refractivity (Wildman–Crippen MR) is 77.5 cm³/mol. The van der Waals surface area contributed by atoms with Crippen molar-refractivity contribution in [3.05, 3.63) is 58.3 Å². The van der Waals surface area contributed by atoms with E-state index in [1.165, 1.54) is 11.3 Å². The summed E-state index contributed by atoms with van der Waals surface area (Å²) in [6.45, 7) is 1.82. The fraction of sp³-hybridized carbons (Fsp3) is 0.200. The molecule has 2 aromatic rings. The number of esters is 1. The lowest BCUT2D eigenvalue weighted by Crippen LogP contribution is -2.39. The molecule has 1 aromatic heterocycles. The van der Waals surface area contributed by atoms with Crippen molar-refractivity contribution in [3.63, 3.8) is 0 Å². The number of ether oxygens (including phenoxy) is 1. The van der Waals surface area contributed by atoms with Crippen molar-refractivity contribution in [3.8, 4) is 0 Å². The van der Waals surface area contributed by atoms with Crippen LogP contribution in [0, 0.1) is 0 Å². The van der Waals surface area contributed by atoms with E-state index in [0.29, 0.717) is 4.88 Å². The van der Waals surface area contributed by atoms with Gasteiger partial charge in [-0.05, 0) is 23.9 Å². The number of nitrogens with one attached hydrogen (secondary N) is 1. The van der Waals surface area contributed by atoms with Crippen molar-refractivity contribution in [2.45, 2.75) is 19.6 Å². The van der Waals surface area contributed by atoms with Crippen LogP contribution in [0.1, 0.15) is 22.2 Å². The molecule has 2 rings (SSSR count). The van der Waals surface area contributed by atoms with Gasteiger partial charge in [0.2, 0.25) is 0 Å². The second-order valence-corrected chi connectivity index (χ2v) is 5.21. The van der Waals surface area contributed by atoms with Gasteiger partial charge in [-0.1, -0.05) is 36.4 Å². The topological polar surface area (TPSA) is 55.4 Å². The van der Waals surface area contributed by atoms with Gasteiger partial charge in [0, 0.05) is 0 Å². The zero-order valence-electron chi connectivity index (χ0n) is 11.0.